The third-order valence-corrected chi connectivity index (χ3v) is 4.16. The van der Waals surface area contributed by atoms with Crippen LogP contribution in [0.2, 0.25) is 10.0 Å². The maximum Gasteiger partial charge on any atom is 0.410 e. The molecular formula is C17H24Cl2N2O2. The van der Waals surface area contributed by atoms with E-state index in [9.17, 15) is 4.79 Å². The Kier molecular flexibility index (Phi) is 6.04. The SMILES string of the molecule is CC(C)(C)OC(=O)N1CCC(CNc2cc(Cl)cc(Cl)c2)CC1. The molecule has 0 saturated carbocycles. The molecular weight excluding hydrogens is 335 g/mol. The highest BCUT2D eigenvalue weighted by molar-refractivity contribution is 6.35. The standard InChI is InChI=1S/C17H24Cl2N2O2/c1-17(2,3)23-16(22)21-6-4-12(5-7-21)11-20-15-9-13(18)8-14(19)10-15/h8-10,12,20H,4-7,11H2,1-3H3. The van der Waals surface area contributed by atoms with Crippen molar-refractivity contribution < 1.29 is 9.53 Å². The molecule has 0 bridgehead atoms. The molecule has 1 amide bonds. The van der Waals surface area contributed by atoms with Crippen LogP contribution < -0.4 is 5.32 Å². The number of benzene rings is 1. The van der Waals surface area contributed by atoms with E-state index in [1.165, 1.54) is 0 Å². The summed E-state index contributed by atoms with van der Waals surface area (Å²) in [5.41, 5.74) is 0.485. The van der Waals surface area contributed by atoms with Crippen LogP contribution in [0.3, 0.4) is 0 Å². The first-order chi connectivity index (χ1) is 10.7. The van der Waals surface area contributed by atoms with Gasteiger partial charge in [0.1, 0.15) is 5.60 Å². The third kappa shape index (κ3) is 6.11. The predicted octanol–water partition coefficient (Wildman–Crippen LogP) is 5.05. The molecule has 1 saturated heterocycles. The van der Waals surface area contributed by atoms with Crippen LogP contribution in [0, 0.1) is 5.92 Å². The number of piperidine rings is 1. The number of halogens is 2. The van der Waals surface area contributed by atoms with Gasteiger partial charge in [-0.05, 0) is 57.7 Å². The molecule has 1 fully saturated rings. The molecule has 1 aromatic carbocycles. The molecule has 6 heteroatoms. The van der Waals surface area contributed by atoms with Crippen LogP contribution in [0.1, 0.15) is 33.6 Å². The van der Waals surface area contributed by atoms with Crippen molar-refractivity contribution >= 4 is 35.0 Å². The fourth-order valence-electron chi connectivity index (χ4n) is 2.56. The van der Waals surface area contributed by atoms with Gasteiger partial charge in [0.05, 0.1) is 0 Å². The number of likely N-dealkylation sites (tertiary alicyclic amines) is 1. The lowest BCUT2D eigenvalue weighted by atomic mass is 9.97. The van der Waals surface area contributed by atoms with Crippen molar-refractivity contribution in [1.29, 1.82) is 0 Å². The lowest BCUT2D eigenvalue weighted by Crippen LogP contribution is -2.42. The first kappa shape index (κ1) is 18.2. The number of nitrogens with one attached hydrogen (secondary N) is 1. The molecule has 0 radical (unpaired) electrons. The maximum atomic E-state index is 12.0. The molecule has 128 valence electrons. The second-order valence-electron chi connectivity index (χ2n) is 6.95. The van der Waals surface area contributed by atoms with Crippen molar-refractivity contribution in [2.24, 2.45) is 5.92 Å². The van der Waals surface area contributed by atoms with E-state index in [-0.39, 0.29) is 6.09 Å². The highest BCUT2D eigenvalue weighted by atomic mass is 35.5. The minimum absolute atomic E-state index is 0.217. The van der Waals surface area contributed by atoms with Crippen molar-refractivity contribution in [2.45, 2.75) is 39.2 Å². The Morgan fingerprint density at radius 3 is 2.30 bits per heavy atom. The Morgan fingerprint density at radius 2 is 1.78 bits per heavy atom. The minimum Gasteiger partial charge on any atom is -0.444 e. The Hall–Kier alpha value is -1.13. The topological polar surface area (TPSA) is 41.6 Å². The smallest absolute Gasteiger partial charge is 0.410 e. The van der Waals surface area contributed by atoms with E-state index in [1.807, 2.05) is 32.9 Å². The number of rotatable bonds is 3. The Morgan fingerprint density at radius 1 is 1.22 bits per heavy atom. The fraction of sp³-hybridized carbons (Fsp3) is 0.588. The molecule has 4 nitrogen and oxygen atoms in total. The number of hydrogen-bond donors (Lipinski definition) is 1. The molecule has 1 heterocycles. The molecule has 1 aliphatic heterocycles. The Bertz CT molecular complexity index is 530. The normalized spacial score (nSPS) is 16.3. The summed E-state index contributed by atoms with van der Waals surface area (Å²) in [7, 11) is 0. The lowest BCUT2D eigenvalue weighted by molar-refractivity contribution is 0.0188. The first-order valence-electron chi connectivity index (χ1n) is 7.91. The largest absolute Gasteiger partial charge is 0.444 e. The number of amides is 1. The quantitative estimate of drug-likeness (QED) is 0.821. The summed E-state index contributed by atoms with van der Waals surface area (Å²) in [5.74, 6) is 0.520. The van der Waals surface area contributed by atoms with Crippen LogP contribution in [-0.4, -0.2) is 36.2 Å². The van der Waals surface area contributed by atoms with Crippen LogP contribution in [0.4, 0.5) is 10.5 Å². The molecule has 2 rings (SSSR count). The van der Waals surface area contributed by atoms with Crippen molar-refractivity contribution in [3.63, 3.8) is 0 Å². The van der Waals surface area contributed by atoms with Gasteiger partial charge < -0.3 is 15.0 Å². The zero-order valence-electron chi connectivity index (χ0n) is 13.9. The Balaban J connectivity index is 1.77. The van der Waals surface area contributed by atoms with Crippen molar-refractivity contribution in [1.82, 2.24) is 4.90 Å². The number of anilines is 1. The van der Waals surface area contributed by atoms with E-state index >= 15 is 0 Å². The van der Waals surface area contributed by atoms with Gasteiger partial charge in [-0.2, -0.15) is 0 Å². The predicted molar refractivity (Wildman–Crippen MR) is 95.5 cm³/mol. The zero-order valence-corrected chi connectivity index (χ0v) is 15.4. The third-order valence-electron chi connectivity index (χ3n) is 3.72. The average Bonchev–Trinajstić information content (AvgIpc) is 2.43. The second kappa shape index (κ2) is 7.63. The van der Waals surface area contributed by atoms with Crippen LogP contribution >= 0.6 is 23.2 Å². The fourth-order valence-corrected chi connectivity index (χ4v) is 3.09. The highest BCUT2D eigenvalue weighted by Gasteiger charge is 2.26. The molecule has 0 aliphatic carbocycles. The summed E-state index contributed by atoms with van der Waals surface area (Å²) in [6.07, 6.45) is 1.70. The molecule has 0 aromatic heterocycles. The number of carbonyl (C=O) groups excluding carboxylic acids is 1. The molecule has 1 aromatic rings. The van der Waals surface area contributed by atoms with Gasteiger partial charge in [0.2, 0.25) is 0 Å². The number of ether oxygens (including phenoxy) is 1. The summed E-state index contributed by atoms with van der Waals surface area (Å²) in [5, 5.41) is 4.62. The van der Waals surface area contributed by atoms with Crippen LogP contribution in [0.5, 0.6) is 0 Å². The van der Waals surface area contributed by atoms with Gasteiger partial charge in [-0.25, -0.2) is 4.79 Å². The summed E-state index contributed by atoms with van der Waals surface area (Å²) in [4.78, 5) is 13.8. The molecule has 0 spiro atoms. The maximum absolute atomic E-state index is 12.0. The van der Waals surface area contributed by atoms with E-state index in [4.69, 9.17) is 27.9 Å². The molecule has 0 atom stereocenters. The van der Waals surface area contributed by atoms with E-state index in [0.29, 0.717) is 16.0 Å². The minimum atomic E-state index is -0.443. The van der Waals surface area contributed by atoms with Crippen LogP contribution in [0.25, 0.3) is 0 Å². The average molecular weight is 359 g/mol. The summed E-state index contributed by atoms with van der Waals surface area (Å²) >= 11 is 12.0. The number of nitrogens with zero attached hydrogens (tertiary/aromatic N) is 1. The van der Waals surface area contributed by atoms with Crippen molar-refractivity contribution in [3.05, 3.63) is 28.2 Å². The van der Waals surface area contributed by atoms with Gasteiger partial charge in [-0.1, -0.05) is 23.2 Å². The van der Waals surface area contributed by atoms with Crippen molar-refractivity contribution in [3.8, 4) is 0 Å². The van der Waals surface area contributed by atoms with Gasteiger partial charge in [-0.3, -0.25) is 0 Å². The van der Waals surface area contributed by atoms with E-state index < -0.39 is 5.60 Å². The summed E-state index contributed by atoms with van der Waals surface area (Å²) in [6.45, 7) is 7.97. The zero-order chi connectivity index (χ0) is 17.0. The molecule has 0 unspecified atom stereocenters. The highest BCUT2D eigenvalue weighted by Crippen LogP contribution is 2.24. The second-order valence-corrected chi connectivity index (χ2v) is 7.82. The molecule has 23 heavy (non-hydrogen) atoms. The van der Waals surface area contributed by atoms with E-state index in [1.54, 1.807) is 11.0 Å². The molecule has 1 N–H and O–H groups in total. The van der Waals surface area contributed by atoms with E-state index in [0.717, 1.165) is 38.2 Å². The van der Waals surface area contributed by atoms with E-state index in [2.05, 4.69) is 5.32 Å². The lowest BCUT2D eigenvalue weighted by Gasteiger charge is -2.33. The Labute approximate surface area is 148 Å². The summed E-state index contributed by atoms with van der Waals surface area (Å²) in [6, 6.07) is 5.44. The van der Waals surface area contributed by atoms with Gasteiger partial charge in [-0.15, -0.1) is 0 Å². The van der Waals surface area contributed by atoms with Gasteiger partial charge in [0.25, 0.3) is 0 Å². The number of carbonyl (C=O) groups is 1. The first-order valence-corrected chi connectivity index (χ1v) is 8.66. The van der Waals surface area contributed by atoms with Crippen molar-refractivity contribution in [2.75, 3.05) is 25.0 Å². The van der Waals surface area contributed by atoms with Crippen LogP contribution in [0.15, 0.2) is 18.2 Å². The monoisotopic (exact) mass is 358 g/mol. The van der Waals surface area contributed by atoms with Gasteiger partial charge in [0.15, 0.2) is 0 Å². The van der Waals surface area contributed by atoms with Gasteiger partial charge in [0, 0.05) is 35.4 Å². The molecule has 1 aliphatic rings. The van der Waals surface area contributed by atoms with Crippen LogP contribution in [-0.2, 0) is 4.74 Å². The summed E-state index contributed by atoms with van der Waals surface area (Å²) < 4.78 is 5.41. The van der Waals surface area contributed by atoms with Gasteiger partial charge >= 0.3 is 6.09 Å². The number of hydrogen-bond acceptors (Lipinski definition) is 3.